The third-order valence-electron chi connectivity index (χ3n) is 6.39. The van der Waals surface area contributed by atoms with E-state index in [4.69, 9.17) is 18.9 Å². The predicted molar refractivity (Wildman–Crippen MR) is 105 cm³/mol. The van der Waals surface area contributed by atoms with Gasteiger partial charge in [0.25, 0.3) is 0 Å². The van der Waals surface area contributed by atoms with Gasteiger partial charge in [0.1, 0.15) is 5.76 Å². The van der Waals surface area contributed by atoms with Gasteiger partial charge in [0.15, 0.2) is 5.96 Å². The smallest absolute Gasteiger partial charge is 0.191 e. The summed E-state index contributed by atoms with van der Waals surface area (Å²) in [6, 6.07) is 4.76. The molecular weight excluding hydrogens is 342 g/mol. The lowest BCUT2D eigenvalue weighted by Gasteiger charge is -2.60. The number of nitrogens with one attached hydrogen (secondary N) is 2. The van der Waals surface area contributed by atoms with Gasteiger partial charge in [-0.1, -0.05) is 13.8 Å². The number of furan rings is 1. The van der Waals surface area contributed by atoms with E-state index in [0.717, 1.165) is 57.2 Å². The van der Waals surface area contributed by atoms with Crippen LogP contribution in [-0.4, -0.2) is 50.5 Å². The van der Waals surface area contributed by atoms with Crippen molar-refractivity contribution in [1.29, 1.82) is 0 Å². The normalized spacial score (nSPS) is 31.0. The Kier molecular flexibility index (Phi) is 5.74. The molecule has 3 atom stereocenters. The van der Waals surface area contributed by atoms with Crippen LogP contribution in [0.1, 0.15) is 45.3 Å². The topological polar surface area (TPSA) is 68.0 Å². The van der Waals surface area contributed by atoms with E-state index in [1.54, 1.807) is 6.26 Å². The van der Waals surface area contributed by atoms with Crippen molar-refractivity contribution < 1.29 is 13.9 Å². The summed E-state index contributed by atoms with van der Waals surface area (Å²) >= 11 is 0. The van der Waals surface area contributed by atoms with E-state index in [0.29, 0.717) is 30.7 Å². The predicted octanol–water partition coefficient (Wildman–Crippen LogP) is 2.74. The highest BCUT2D eigenvalue weighted by Crippen LogP contribution is 2.51. The average Bonchev–Trinajstić information content (AvgIpc) is 3.20. The van der Waals surface area contributed by atoms with Crippen LogP contribution in [0.5, 0.6) is 0 Å². The van der Waals surface area contributed by atoms with Gasteiger partial charge in [-0.05, 0) is 37.8 Å². The van der Waals surface area contributed by atoms with E-state index in [2.05, 4.69) is 24.5 Å². The molecule has 6 nitrogen and oxygen atoms in total. The summed E-state index contributed by atoms with van der Waals surface area (Å²) in [5.41, 5.74) is 0.129. The van der Waals surface area contributed by atoms with Crippen LogP contribution in [0, 0.1) is 11.3 Å². The van der Waals surface area contributed by atoms with Crippen LogP contribution in [0.4, 0.5) is 0 Å². The van der Waals surface area contributed by atoms with E-state index in [1.165, 1.54) is 6.42 Å². The Bertz CT molecular complexity index is 623. The van der Waals surface area contributed by atoms with E-state index in [1.807, 2.05) is 12.1 Å². The van der Waals surface area contributed by atoms with Gasteiger partial charge in [-0.15, -0.1) is 0 Å². The van der Waals surface area contributed by atoms with Crippen LogP contribution in [0.25, 0.3) is 0 Å². The van der Waals surface area contributed by atoms with Crippen LogP contribution in [0.3, 0.4) is 0 Å². The summed E-state index contributed by atoms with van der Waals surface area (Å²) in [5.74, 6) is 2.49. The van der Waals surface area contributed by atoms with Crippen LogP contribution < -0.4 is 10.6 Å². The van der Waals surface area contributed by atoms with Gasteiger partial charge in [0, 0.05) is 56.2 Å². The maximum Gasteiger partial charge on any atom is 0.191 e. The fourth-order valence-corrected chi connectivity index (χ4v) is 4.86. The molecule has 3 aliphatic rings. The number of ether oxygens (including phenoxy) is 2. The average molecular weight is 376 g/mol. The Balaban J connectivity index is 1.41. The maximum atomic E-state index is 6.05. The molecule has 0 aromatic carbocycles. The Labute approximate surface area is 162 Å². The first-order valence-corrected chi connectivity index (χ1v) is 10.4. The molecule has 2 aliphatic heterocycles. The van der Waals surface area contributed by atoms with E-state index < -0.39 is 0 Å². The van der Waals surface area contributed by atoms with Gasteiger partial charge >= 0.3 is 0 Å². The van der Waals surface area contributed by atoms with Crippen molar-refractivity contribution in [3.63, 3.8) is 0 Å². The number of fused-ring (bicyclic) bond motifs is 1. The third kappa shape index (κ3) is 4.16. The molecule has 2 N–H and O–H groups in total. The molecule has 0 radical (unpaired) electrons. The highest BCUT2D eigenvalue weighted by atomic mass is 16.5. The van der Waals surface area contributed by atoms with E-state index >= 15 is 0 Å². The molecule has 6 heteroatoms. The first kappa shape index (κ1) is 18.8. The molecule has 1 aromatic rings. The highest BCUT2D eigenvalue weighted by molar-refractivity contribution is 5.80. The summed E-state index contributed by atoms with van der Waals surface area (Å²) in [5, 5.41) is 7.41. The minimum Gasteiger partial charge on any atom is -0.469 e. The molecule has 4 rings (SSSR count). The molecule has 3 unspecified atom stereocenters. The minimum absolute atomic E-state index is 0.129. The Morgan fingerprint density at radius 3 is 2.81 bits per heavy atom. The second-order valence-electron chi connectivity index (χ2n) is 8.63. The molecule has 0 amide bonds. The van der Waals surface area contributed by atoms with Crippen molar-refractivity contribution in [2.24, 2.45) is 16.3 Å². The monoisotopic (exact) mass is 375 g/mol. The van der Waals surface area contributed by atoms with Crippen LogP contribution in [0.2, 0.25) is 0 Å². The van der Waals surface area contributed by atoms with Gasteiger partial charge in [-0.2, -0.15) is 0 Å². The lowest BCUT2D eigenvalue weighted by atomic mass is 9.55. The van der Waals surface area contributed by atoms with Crippen LogP contribution in [-0.2, 0) is 15.9 Å². The standard InChI is InChI=1S/C21H33N3O3/c1-21(2)18(17-6-4-12-27-19(17)21)24-20(23-15-8-13-25-14-9-15)22-10-7-16-5-3-11-26-16/h3,5,11,15,17-19H,4,6-10,12-14H2,1-2H3,(H2,22,23,24). The molecule has 27 heavy (non-hydrogen) atoms. The molecule has 150 valence electrons. The summed E-state index contributed by atoms with van der Waals surface area (Å²) < 4.78 is 17.0. The molecule has 2 saturated heterocycles. The van der Waals surface area contributed by atoms with E-state index in [-0.39, 0.29) is 5.41 Å². The van der Waals surface area contributed by atoms with Crippen molar-refractivity contribution in [1.82, 2.24) is 10.6 Å². The van der Waals surface area contributed by atoms with E-state index in [9.17, 15) is 0 Å². The molecular formula is C21H33N3O3. The fraction of sp³-hybridized carbons (Fsp3) is 0.762. The zero-order valence-corrected chi connectivity index (χ0v) is 16.6. The number of hydrogen-bond donors (Lipinski definition) is 2. The number of aliphatic imine (C=N–C) groups is 1. The Morgan fingerprint density at radius 2 is 2.04 bits per heavy atom. The molecule has 0 spiro atoms. The van der Waals surface area contributed by atoms with Gasteiger partial charge in [-0.3, -0.25) is 4.99 Å². The minimum atomic E-state index is 0.129. The van der Waals surface area contributed by atoms with Gasteiger partial charge in [-0.25, -0.2) is 0 Å². The second-order valence-corrected chi connectivity index (χ2v) is 8.63. The lowest BCUT2D eigenvalue weighted by Crippen LogP contribution is -2.71. The van der Waals surface area contributed by atoms with Gasteiger partial charge < -0.3 is 24.5 Å². The molecule has 3 heterocycles. The summed E-state index contributed by atoms with van der Waals surface area (Å²) in [6.45, 7) is 7.89. The zero-order valence-electron chi connectivity index (χ0n) is 16.6. The SMILES string of the molecule is CC1(C)C(NC(=NCCc2ccco2)NC2CCOCC2)C2CCCOC21. The van der Waals surface area contributed by atoms with Crippen molar-refractivity contribution in [3.8, 4) is 0 Å². The second kappa shape index (κ2) is 8.23. The third-order valence-corrected chi connectivity index (χ3v) is 6.39. The van der Waals surface area contributed by atoms with Gasteiger partial charge in [0.05, 0.1) is 12.4 Å². The largest absolute Gasteiger partial charge is 0.469 e. The fourth-order valence-electron chi connectivity index (χ4n) is 4.86. The maximum absolute atomic E-state index is 6.05. The quantitative estimate of drug-likeness (QED) is 0.612. The van der Waals surface area contributed by atoms with Crippen molar-refractivity contribution in [3.05, 3.63) is 24.2 Å². The Hall–Kier alpha value is -1.53. The first-order chi connectivity index (χ1) is 13.1. The van der Waals surface area contributed by atoms with Crippen molar-refractivity contribution in [2.45, 2.75) is 64.1 Å². The molecule has 1 saturated carbocycles. The lowest BCUT2D eigenvalue weighted by molar-refractivity contribution is -0.188. The number of hydrogen-bond acceptors (Lipinski definition) is 4. The van der Waals surface area contributed by atoms with Gasteiger partial charge in [0.2, 0.25) is 0 Å². The summed E-state index contributed by atoms with van der Waals surface area (Å²) in [4.78, 5) is 4.87. The molecule has 1 aromatic heterocycles. The summed E-state index contributed by atoms with van der Waals surface area (Å²) in [7, 11) is 0. The first-order valence-electron chi connectivity index (χ1n) is 10.4. The van der Waals surface area contributed by atoms with Crippen molar-refractivity contribution in [2.75, 3.05) is 26.4 Å². The number of rotatable bonds is 5. The molecule has 1 aliphatic carbocycles. The Morgan fingerprint density at radius 1 is 1.19 bits per heavy atom. The van der Waals surface area contributed by atoms with Crippen LogP contribution in [0.15, 0.2) is 27.8 Å². The number of nitrogens with zero attached hydrogens (tertiary/aromatic N) is 1. The molecule has 3 fully saturated rings. The number of guanidine groups is 1. The molecule has 0 bridgehead atoms. The van der Waals surface area contributed by atoms with Crippen molar-refractivity contribution >= 4 is 5.96 Å². The summed E-state index contributed by atoms with van der Waals surface area (Å²) in [6.07, 6.45) is 7.37. The highest BCUT2D eigenvalue weighted by Gasteiger charge is 2.58. The van der Waals surface area contributed by atoms with Crippen LogP contribution >= 0.6 is 0 Å². The zero-order chi connectivity index (χ0) is 18.7.